The van der Waals surface area contributed by atoms with Crippen LogP contribution in [0.5, 0.6) is 0 Å². The number of para-hydroxylation sites is 2. The number of benzene rings is 2. The molecule has 0 aliphatic heterocycles. The molecule has 0 fully saturated rings. The van der Waals surface area contributed by atoms with Gasteiger partial charge in [-0.15, -0.1) is 0 Å². The summed E-state index contributed by atoms with van der Waals surface area (Å²) in [5.74, 6) is -0.194. The van der Waals surface area contributed by atoms with Crippen molar-refractivity contribution in [2.45, 2.75) is 26.3 Å². The summed E-state index contributed by atoms with van der Waals surface area (Å²) in [6.07, 6.45) is 0.739. The van der Waals surface area contributed by atoms with E-state index in [1.165, 1.54) is 0 Å². The number of hydrogen-bond acceptors (Lipinski definition) is 4. The fourth-order valence-electron chi connectivity index (χ4n) is 2.94. The molecule has 150 valence electrons. The van der Waals surface area contributed by atoms with Crippen molar-refractivity contribution in [3.63, 3.8) is 0 Å². The van der Waals surface area contributed by atoms with Crippen LogP contribution < -0.4 is 16.2 Å². The summed E-state index contributed by atoms with van der Waals surface area (Å²) in [5.41, 5.74) is 7.00. The van der Waals surface area contributed by atoms with Gasteiger partial charge in [0.15, 0.2) is 0 Å². The molecule has 29 heavy (non-hydrogen) atoms. The fraction of sp³-hybridized carbons (Fsp3) is 0.238. The first kappa shape index (κ1) is 20.1. The molecule has 3 amide bonds. The first-order chi connectivity index (χ1) is 14.1. The van der Waals surface area contributed by atoms with Gasteiger partial charge in [0.1, 0.15) is 12.4 Å². The lowest BCUT2D eigenvalue weighted by molar-refractivity contribution is -0.129. The molecule has 0 unspecified atom stereocenters. The minimum atomic E-state index is -0.391. The molecule has 2 aromatic carbocycles. The topological polar surface area (TPSA) is 105 Å². The van der Waals surface area contributed by atoms with E-state index < -0.39 is 5.91 Å². The molecule has 0 atom stereocenters. The molecule has 3 aromatic rings. The van der Waals surface area contributed by atoms with E-state index in [0.717, 1.165) is 16.9 Å². The average molecular weight is 393 g/mol. The number of aryl methyl sites for hydroxylation is 1. The molecule has 8 nitrogen and oxygen atoms in total. The highest BCUT2D eigenvalue weighted by Crippen LogP contribution is 2.16. The van der Waals surface area contributed by atoms with E-state index in [9.17, 15) is 14.4 Å². The largest absolute Gasteiger partial charge is 0.352 e. The number of hydrogen-bond donors (Lipinski definition) is 3. The molecule has 0 radical (unpaired) electrons. The summed E-state index contributed by atoms with van der Waals surface area (Å²) in [6.45, 7) is 2.19. The monoisotopic (exact) mass is 393 g/mol. The smallest absolute Gasteiger partial charge is 0.258 e. The van der Waals surface area contributed by atoms with Gasteiger partial charge in [0.2, 0.25) is 5.91 Å². The second kappa shape index (κ2) is 9.50. The van der Waals surface area contributed by atoms with Crippen LogP contribution in [-0.2, 0) is 22.6 Å². The zero-order valence-corrected chi connectivity index (χ0v) is 16.1. The number of fused-ring (bicyclic) bond motifs is 1. The minimum absolute atomic E-state index is 0.0487. The van der Waals surface area contributed by atoms with Gasteiger partial charge in [0.25, 0.3) is 11.8 Å². The summed E-state index contributed by atoms with van der Waals surface area (Å²) in [7, 11) is 0. The van der Waals surface area contributed by atoms with Crippen LogP contribution in [0, 0.1) is 0 Å². The highest BCUT2D eigenvalue weighted by molar-refractivity contribution is 5.94. The van der Waals surface area contributed by atoms with E-state index in [2.05, 4.69) is 21.2 Å². The van der Waals surface area contributed by atoms with E-state index in [4.69, 9.17) is 0 Å². The Hall–Kier alpha value is -3.68. The third-order valence-electron chi connectivity index (χ3n) is 4.37. The van der Waals surface area contributed by atoms with Gasteiger partial charge >= 0.3 is 0 Å². The molecule has 0 aliphatic carbocycles. The molecule has 0 saturated heterocycles. The van der Waals surface area contributed by atoms with E-state index in [0.29, 0.717) is 12.0 Å². The van der Waals surface area contributed by atoms with Crippen LogP contribution >= 0.6 is 0 Å². The zero-order valence-electron chi connectivity index (χ0n) is 16.1. The Kier molecular flexibility index (Phi) is 6.57. The maximum absolute atomic E-state index is 12.2. The molecule has 1 aromatic heterocycles. The zero-order chi connectivity index (χ0) is 20.6. The van der Waals surface area contributed by atoms with Gasteiger partial charge in [-0.1, -0.05) is 37.3 Å². The van der Waals surface area contributed by atoms with Crippen molar-refractivity contribution in [2.24, 2.45) is 0 Å². The van der Waals surface area contributed by atoms with Gasteiger partial charge < -0.3 is 9.88 Å². The Balaban J connectivity index is 1.45. The number of imidazole rings is 1. The summed E-state index contributed by atoms with van der Waals surface area (Å²) in [5, 5.41) is 2.66. The second-order valence-corrected chi connectivity index (χ2v) is 6.42. The third-order valence-corrected chi connectivity index (χ3v) is 4.37. The lowest BCUT2D eigenvalue weighted by Crippen LogP contribution is -2.44. The number of amides is 3. The van der Waals surface area contributed by atoms with E-state index in [1.807, 2.05) is 41.8 Å². The van der Waals surface area contributed by atoms with Gasteiger partial charge in [0.05, 0.1) is 11.0 Å². The molecule has 3 rings (SSSR count). The lowest BCUT2D eigenvalue weighted by Gasteiger charge is -2.10. The van der Waals surface area contributed by atoms with Gasteiger partial charge in [-0.05, 0) is 24.3 Å². The maximum Gasteiger partial charge on any atom is 0.258 e. The highest BCUT2D eigenvalue weighted by Gasteiger charge is 2.13. The molecule has 0 bridgehead atoms. The molecule has 0 aliphatic rings. The fourth-order valence-corrected chi connectivity index (χ4v) is 2.94. The van der Waals surface area contributed by atoms with Crippen LogP contribution in [0.2, 0.25) is 0 Å². The quantitative estimate of drug-likeness (QED) is 0.530. The van der Waals surface area contributed by atoms with Crippen molar-refractivity contribution in [3.8, 4) is 0 Å². The van der Waals surface area contributed by atoms with Crippen LogP contribution in [0.4, 0.5) is 0 Å². The molecular formula is C21H23N5O3. The lowest BCUT2D eigenvalue weighted by atomic mass is 10.2. The Morgan fingerprint density at radius 1 is 0.931 bits per heavy atom. The number of nitrogens with one attached hydrogen (secondary N) is 3. The van der Waals surface area contributed by atoms with E-state index in [1.54, 1.807) is 24.3 Å². The molecule has 0 saturated carbocycles. The van der Waals surface area contributed by atoms with Crippen molar-refractivity contribution in [1.82, 2.24) is 25.7 Å². The molecule has 3 N–H and O–H groups in total. The second-order valence-electron chi connectivity index (χ2n) is 6.42. The van der Waals surface area contributed by atoms with Crippen molar-refractivity contribution in [3.05, 3.63) is 66.0 Å². The van der Waals surface area contributed by atoms with Gasteiger partial charge in [-0.3, -0.25) is 25.2 Å². The molecule has 1 heterocycles. The summed E-state index contributed by atoms with van der Waals surface area (Å²) >= 11 is 0. The van der Waals surface area contributed by atoms with Crippen molar-refractivity contribution in [1.29, 1.82) is 0 Å². The van der Waals surface area contributed by atoms with Crippen LogP contribution in [0.15, 0.2) is 54.6 Å². The Morgan fingerprint density at radius 3 is 2.38 bits per heavy atom. The normalized spacial score (nSPS) is 10.5. The Labute approximate surface area is 168 Å². The van der Waals surface area contributed by atoms with Gasteiger partial charge in [-0.25, -0.2) is 4.98 Å². The number of carbonyl (C=O) groups is 3. The number of carbonyl (C=O) groups excluding carboxylic acids is 3. The van der Waals surface area contributed by atoms with Crippen LogP contribution in [0.1, 0.15) is 29.5 Å². The Morgan fingerprint density at radius 2 is 1.62 bits per heavy atom. The number of aromatic nitrogens is 2. The highest BCUT2D eigenvalue weighted by atomic mass is 16.2. The summed E-state index contributed by atoms with van der Waals surface area (Å²) in [6, 6.07) is 16.3. The van der Waals surface area contributed by atoms with E-state index >= 15 is 0 Å². The standard InChI is InChI=1S/C21H23N5O3/c1-2-18-23-16-10-6-7-11-17(16)26(18)14-20(28)25-24-19(27)12-13-22-21(29)15-8-4-3-5-9-15/h3-11H,2,12-14H2,1H3,(H,22,29)(H,24,27)(H,25,28). The van der Waals surface area contributed by atoms with E-state index in [-0.39, 0.29) is 31.3 Å². The summed E-state index contributed by atoms with van der Waals surface area (Å²) < 4.78 is 1.83. The molecular weight excluding hydrogens is 370 g/mol. The predicted molar refractivity (Wildman–Crippen MR) is 109 cm³/mol. The van der Waals surface area contributed by atoms with Crippen molar-refractivity contribution < 1.29 is 14.4 Å². The summed E-state index contributed by atoms with van der Waals surface area (Å²) in [4.78, 5) is 40.6. The van der Waals surface area contributed by atoms with Gasteiger partial charge in [0, 0.05) is 24.9 Å². The molecule has 0 spiro atoms. The third kappa shape index (κ3) is 5.19. The van der Waals surface area contributed by atoms with Gasteiger partial charge in [-0.2, -0.15) is 0 Å². The SMILES string of the molecule is CCc1nc2ccccc2n1CC(=O)NNC(=O)CCNC(=O)c1ccccc1. The van der Waals surface area contributed by atoms with Crippen LogP contribution in [0.3, 0.4) is 0 Å². The van der Waals surface area contributed by atoms with Crippen LogP contribution in [0.25, 0.3) is 11.0 Å². The Bertz CT molecular complexity index is 1010. The number of hydrazine groups is 1. The predicted octanol–water partition coefficient (Wildman–Crippen LogP) is 1.57. The number of nitrogens with zero attached hydrogens (tertiary/aromatic N) is 2. The first-order valence-electron chi connectivity index (χ1n) is 9.43. The molecule has 8 heteroatoms. The van der Waals surface area contributed by atoms with Crippen molar-refractivity contribution in [2.75, 3.05) is 6.54 Å². The van der Waals surface area contributed by atoms with Crippen LogP contribution in [-0.4, -0.2) is 33.8 Å². The first-order valence-corrected chi connectivity index (χ1v) is 9.43. The van der Waals surface area contributed by atoms with Crippen molar-refractivity contribution >= 4 is 28.8 Å². The average Bonchev–Trinajstić information content (AvgIpc) is 3.10. The minimum Gasteiger partial charge on any atom is -0.352 e. The maximum atomic E-state index is 12.2. The number of rotatable bonds is 7.